The van der Waals surface area contributed by atoms with Crippen LogP contribution in [-0.4, -0.2) is 24.1 Å². The van der Waals surface area contributed by atoms with Crippen molar-refractivity contribution in [1.29, 1.82) is 0 Å². The van der Waals surface area contributed by atoms with Gasteiger partial charge >= 0.3 is 0 Å². The van der Waals surface area contributed by atoms with Gasteiger partial charge in [0.2, 0.25) is 0 Å². The molecule has 2 fully saturated rings. The third-order valence-corrected chi connectivity index (χ3v) is 4.59. The monoisotopic (exact) mass is 260 g/mol. The first-order valence-electron chi connectivity index (χ1n) is 6.88. The van der Waals surface area contributed by atoms with Gasteiger partial charge in [-0.15, -0.1) is 0 Å². The van der Waals surface area contributed by atoms with E-state index in [-0.39, 0.29) is 17.8 Å². The molecule has 1 saturated heterocycles. The van der Waals surface area contributed by atoms with Gasteiger partial charge in [0, 0.05) is 0 Å². The first-order chi connectivity index (χ1) is 9.08. The number of ether oxygens (including phenoxy) is 2. The minimum atomic E-state index is -0.512. The first kappa shape index (κ1) is 12.8. The van der Waals surface area contributed by atoms with Crippen molar-refractivity contribution in [3.63, 3.8) is 0 Å². The van der Waals surface area contributed by atoms with Gasteiger partial charge in [-0.2, -0.15) is 0 Å². The van der Waals surface area contributed by atoms with E-state index in [0.717, 1.165) is 24.7 Å². The Bertz CT molecular complexity index is 472. The van der Waals surface area contributed by atoms with Gasteiger partial charge in [-0.3, -0.25) is 0 Å². The molecule has 1 aliphatic carbocycles. The summed E-state index contributed by atoms with van der Waals surface area (Å²) in [5.74, 6) is 0. The Morgan fingerprint density at radius 2 is 2.11 bits per heavy atom. The minimum absolute atomic E-state index is 0.0204. The van der Waals surface area contributed by atoms with Gasteiger partial charge in [-0.25, -0.2) is 0 Å². The number of epoxide rings is 1. The van der Waals surface area contributed by atoms with Crippen molar-refractivity contribution in [2.75, 3.05) is 0 Å². The molecule has 19 heavy (non-hydrogen) atoms. The Hall–Kier alpha value is -1.19. The van der Waals surface area contributed by atoms with Gasteiger partial charge in [-0.1, -0.05) is 30.3 Å². The van der Waals surface area contributed by atoms with Crippen molar-refractivity contribution in [1.82, 2.24) is 0 Å². The molecular formula is C16H20O3. The Morgan fingerprint density at radius 3 is 2.79 bits per heavy atom. The Morgan fingerprint density at radius 1 is 1.37 bits per heavy atom. The van der Waals surface area contributed by atoms with E-state index in [2.05, 4.69) is 6.92 Å². The average molecular weight is 260 g/mol. The van der Waals surface area contributed by atoms with Crippen LogP contribution >= 0.6 is 0 Å². The summed E-state index contributed by atoms with van der Waals surface area (Å²) >= 11 is 0. The molecule has 1 aromatic rings. The van der Waals surface area contributed by atoms with Crippen molar-refractivity contribution < 1.29 is 14.3 Å². The molecule has 3 heteroatoms. The molecule has 3 nitrogen and oxygen atoms in total. The summed E-state index contributed by atoms with van der Waals surface area (Å²) in [5.41, 5.74) is 0.533. The lowest BCUT2D eigenvalue weighted by Gasteiger charge is -2.36. The van der Waals surface area contributed by atoms with Crippen LogP contribution in [0.15, 0.2) is 30.3 Å². The van der Waals surface area contributed by atoms with Crippen LogP contribution in [-0.2, 0) is 20.9 Å². The van der Waals surface area contributed by atoms with Crippen LogP contribution in [0.1, 0.15) is 32.3 Å². The molecule has 1 aromatic carbocycles. The molecule has 0 N–H and O–H groups in total. The summed E-state index contributed by atoms with van der Waals surface area (Å²) in [4.78, 5) is 11.5. The molecule has 102 valence electrons. The van der Waals surface area contributed by atoms with Crippen LogP contribution in [0.5, 0.6) is 0 Å². The number of rotatable bonds is 4. The van der Waals surface area contributed by atoms with Gasteiger partial charge in [0.15, 0.2) is 0 Å². The van der Waals surface area contributed by atoms with E-state index >= 15 is 0 Å². The third-order valence-electron chi connectivity index (χ3n) is 4.59. The van der Waals surface area contributed by atoms with Crippen LogP contribution in [0, 0.1) is 5.41 Å². The molecule has 0 aromatic heterocycles. The fraction of sp³-hybridized carbons (Fsp3) is 0.562. The van der Waals surface area contributed by atoms with Gasteiger partial charge in [-0.05, 0) is 32.3 Å². The van der Waals surface area contributed by atoms with E-state index in [4.69, 9.17) is 9.47 Å². The van der Waals surface area contributed by atoms with E-state index in [1.807, 2.05) is 37.3 Å². The second-order valence-corrected chi connectivity index (χ2v) is 6.12. The van der Waals surface area contributed by atoms with Crippen LogP contribution in [0.3, 0.4) is 0 Å². The second-order valence-electron chi connectivity index (χ2n) is 6.12. The summed E-state index contributed by atoms with van der Waals surface area (Å²) in [6.07, 6.45) is 2.85. The Balaban J connectivity index is 1.69. The van der Waals surface area contributed by atoms with E-state index < -0.39 is 5.41 Å². The molecule has 2 aliphatic rings. The fourth-order valence-corrected chi connectivity index (χ4v) is 3.28. The summed E-state index contributed by atoms with van der Waals surface area (Å²) < 4.78 is 11.7. The number of hydrogen-bond acceptors (Lipinski definition) is 3. The highest BCUT2D eigenvalue weighted by molar-refractivity contribution is 5.63. The molecule has 0 bridgehead atoms. The number of carbonyl (C=O) groups excluding carboxylic acids is 1. The first-order valence-corrected chi connectivity index (χ1v) is 6.88. The topological polar surface area (TPSA) is 38.8 Å². The molecule has 4 atom stereocenters. The smallest absolute Gasteiger partial charge is 0.131 e. The largest absolute Gasteiger partial charge is 0.372 e. The Labute approximate surface area is 113 Å². The maximum absolute atomic E-state index is 11.5. The van der Waals surface area contributed by atoms with Gasteiger partial charge in [0.1, 0.15) is 12.4 Å². The molecule has 1 saturated carbocycles. The SMILES string of the molecule is C[C@@]1(C=O)[C@@H](OCc2ccccc2)CC[C@]2(C)O[C@H]12. The van der Waals surface area contributed by atoms with Crippen molar-refractivity contribution in [2.45, 2.75) is 51.1 Å². The lowest BCUT2D eigenvalue weighted by molar-refractivity contribution is -0.130. The number of fused-ring (bicyclic) bond motifs is 1. The number of benzene rings is 1. The van der Waals surface area contributed by atoms with Crippen LogP contribution < -0.4 is 0 Å². The number of carbonyl (C=O) groups is 1. The van der Waals surface area contributed by atoms with E-state index in [1.54, 1.807) is 0 Å². The van der Waals surface area contributed by atoms with Crippen LogP contribution in [0.25, 0.3) is 0 Å². The summed E-state index contributed by atoms with van der Waals surface area (Å²) in [6, 6.07) is 10.1. The van der Waals surface area contributed by atoms with E-state index in [0.29, 0.717) is 6.61 Å². The zero-order valence-electron chi connectivity index (χ0n) is 11.5. The van der Waals surface area contributed by atoms with Crippen LogP contribution in [0.2, 0.25) is 0 Å². The van der Waals surface area contributed by atoms with Crippen molar-refractivity contribution in [2.24, 2.45) is 5.41 Å². The molecule has 0 amide bonds. The fourth-order valence-electron chi connectivity index (χ4n) is 3.28. The molecule has 0 radical (unpaired) electrons. The highest BCUT2D eigenvalue weighted by atomic mass is 16.6. The minimum Gasteiger partial charge on any atom is -0.372 e. The van der Waals surface area contributed by atoms with Gasteiger partial charge < -0.3 is 14.3 Å². The number of hydrogen-bond donors (Lipinski definition) is 0. The van der Waals surface area contributed by atoms with E-state index in [9.17, 15) is 4.79 Å². The molecule has 1 aliphatic heterocycles. The standard InChI is InChI=1S/C16H20O3/c1-15(11-17)13(8-9-16(2)14(15)19-16)18-10-12-6-4-3-5-7-12/h3-7,11,13-14H,8-10H2,1-2H3/t13-,14+,15+,16-/m0/s1. The zero-order chi connectivity index (χ0) is 13.5. The average Bonchev–Trinajstić information content (AvgIpc) is 3.13. The predicted octanol–water partition coefficient (Wildman–Crippen LogP) is 2.73. The summed E-state index contributed by atoms with van der Waals surface area (Å²) in [5, 5.41) is 0. The highest BCUT2D eigenvalue weighted by Crippen LogP contribution is 2.56. The predicted molar refractivity (Wildman–Crippen MR) is 71.7 cm³/mol. The zero-order valence-corrected chi connectivity index (χ0v) is 11.5. The van der Waals surface area contributed by atoms with Crippen molar-refractivity contribution in [3.8, 4) is 0 Å². The number of aldehydes is 1. The second kappa shape index (κ2) is 4.43. The summed E-state index contributed by atoms with van der Waals surface area (Å²) in [6.45, 7) is 4.61. The maximum atomic E-state index is 11.5. The maximum Gasteiger partial charge on any atom is 0.131 e. The van der Waals surface area contributed by atoms with Crippen molar-refractivity contribution in [3.05, 3.63) is 35.9 Å². The lowest BCUT2D eigenvalue weighted by atomic mass is 9.70. The normalized spacial score (nSPS) is 40.5. The molecule has 1 heterocycles. The third kappa shape index (κ3) is 2.11. The Kier molecular flexibility index (Phi) is 2.99. The molecule has 0 spiro atoms. The molecule has 3 rings (SSSR count). The van der Waals surface area contributed by atoms with Crippen LogP contribution in [0.4, 0.5) is 0 Å². The van der Waals surface area contributed by atoms with E-state index in [1.165, 1.54) is 0 Å². The van der Waals surface area contributed by atoms with Crippen molar-refractivity contribution >= 4 is 6.29 Å². The summed E-state index contributed by atoms with van der Waals surface area (Å²) in [7, 11) is 0. The quantitative estimate of drug-likeness (QED) is 0.617. The lowest BCUT2D eigenvalue weighted by Crippen LogP contribution is -2.46. The van der Waals surface area contributed by atoms with Gasteiger partial charge in [0.25, 0.3) is 0 Å². The van der Waals surface area contributed by atoms with Gasteiger partial charge in [0.05, 0.1) is 23.7 Å². The molecular weight excluding hydrogens is 240 g/mol. The highest BCUT2D eigenvalue weighted by Gasteiger charge is 2.66. The molecule has 0 unspecified atom stereocenters.